The van der Waals surface area contributed by atoms with E-state index in [-0.39, 0.29) is 12.1 Å². The quantitative estimate of drug-likeness (QED) is 0.552. The lowest BCUT2D eigenvalue weighted by Crippen LogP contribution is -2.48. The van der Waals surface area contributed by atoms with Crippen LogP contribution >= 0.6 is 15.9 Å². The molecule has 0 unspecified atom stereocenters. The van der Waals surface area contributed by atoms with Gasteiger partial charge in [0.1, 0.15) is 6.17 Å². The van der Waals surface area contributed by atoms with Crippen LogP contribution in [-0.2, 0) is 6.42 Å². The molecule has 31 heavy (non-hydrogen) atoms. The van der Waals surface area contributed by atoms with Crippen LogP contribution in [0.15, 0.2) is 53.5 Å². The van der Waals surface area contributed by atoms with E-state index in [2.05, 4.69) is 41.2 Å². The van der Waals surface area contributed by atoms with Crippen LogP contribution < -0.4 is 16.0 Å². The van der Waals surface area contributed by atoms with E-state index in [1.165, 1.54) is 6.20 Å². The normalized spacial score (nSPS) is 18.6. The fourth-order valence-corrected chi connectivity index (χ4v) is 3.72. The number of amides is 1. The van der Waals surface area contributed by atoms with Crippen LogP contribution in [-0.4, -0.2) is 51.1 Å². The second-order valence-corrected chi connectivity index (χ2v) is 8.20. The lowest BCUT2D eigenvalue weighted by atomic mass is 10.0. The molecule has 2 atom stereocenters. The Bertz CT molecular complexity index is 1050. The van der Waals surface area contributed by atoms with Crippen LogP contribution in [0.5, 0.6) is 0 Å². The summed E-state index contributed by atoms with van der Waals surface area (Å²) in [6.07, 6.45) is 6.24. The molecule has 4 rings (SSSR count). The Morgan fingerprint density at radius 1 is 1.19 bits per heavy atom. The summed E-state index contributed by atoms with van der Waals surface area (Å²) in [5.74, 6) is -0.126. The zero-order valence-electron chi connectivity index (χ0n) is 16.6. The van der Waals surface area contributed by atoms with E-state index in [1.54, 1.807) is 24.7 Å². The Morgan fingerprint density at radius 3 is 2.68 bits per heavy atom. The predicted octanol–water partition coefficient (Wildman–Crippen LogP) is 2.75. The minimum atomic E-state index is -1.19. The van der Waals surface area contributed by atoms with Crippen molar-refractivity contribution in [3.63, 3.8) is 0 Å². The van der Waals surface area contributed by atoms with Gasteiger partial charge in [-0.15, -0.1) is 0 Å². The zero-order valence-corrected chi connectivity index (χ0v) is 18.2. The van der Waals surface area contributed by atoms with Crippen molar-refractivity contribution >= 4 is 33.5 Å². The summed E-state index contributed by atoms with van der Waals surface area (Å²) in [4.78, 5) is 30.8. The number of halogens is 2. The number of nitrogens with zero attached hydrogens (tertiary/aromatic N) is 5. The molecule has 3 N–H and O–H groups in total. The lowest BCUT2D eigenvalue weighted by Gasteiger charge is -2.35. The summed E-state index contributed by atoms with van der Waals surface area (Å²) < 4.78 is 15.8. The Labute approximate surface area is 187 Å². The Balaban J connectivity index is 1.49. The average Bonchev–Trinajstić information content (AvgIpc) is 2.76. The standard InChI is InChI=1S/C21H21BrFN7O/c22-13-9-27-21(28-10-13)30-6-4-18(17(23)12-30)29-19-8-15(26-11-16(19)20(24)31)7-14-3-1-2-5-25-14/h1-3,5,8-11,17-18H,4,6-7,12H2,(H2,24,31)(H,26,29)/t17-,18+/m0/s1. The van der Waals surface area contributed by atoms with Crippen LogP contribution in [0.3, 0.4) is 0 Å². The fourth-order valence-electron chi connectivity index (χ4n) is 3.52. The zero-order chi connectivity index (χ0) is 21.8. The molecule has 0 radical (unpaired) electrons. The minimum absolute atomic E-state index is 0.150. The first-order valence-electron chi connectivity index (χ1n) is 9.81. The summed E-state index contributed by atoms with van der Waals surface area (Å²) >= 11 is 3.30. The van der Waals surface area contributed by atoms with Crippen LogP contribution in [0.2, 0.25) is 0 Å². The first-order valence-corrected chi connectivity index (χ1v) is 10.6. The SMILES string of the molecule is NC(=O)c1cnc(Cc2ccccn2)cc1N[C@@H]1CCN(c2ncc(Br)cn2)C[C@@H]1F. The maximum Gasteiger partial charge on any atom is 0.252 e. The van der Waals surface area contributed by atoms with Crippen LogP contribution in [0, 0.1) is 0 Å². The molecule has 0 bridgehead atoms. The number of primary amides is 1. The highest BCUT2D eigenvalue weighted by Gasteiger charge is 2.31. The summed E-state index contributed by atoms with van der Waals surface area (Å²) in [5, 5.41) is 3.18. The molecule has 0 aliphatic carbocycles. The van der Waals surface area contributed by atoms with E-state index in [0.717, 1.165) is 10.2 Å². The molecule has 1 amide bonds. The highest BCUT2D eigenvalue weighted by atomic mass is 79.9. The van der Waals surface area contributed by atoms with Gasteiger partial charge in [-0.2, -0.15) is 0 Å². The van der Waals surface area contributed by atoms with Gasteiger partial charge in [-0.1, -0.05) is 6.07 Å². The molecule has 1 fully saturated rings. The first kappa shape index (κ1) is 21.1. The van der Waals surface area contributed by atoms with Gasteiger partial charge in [-0.3, -0.25) is 14.8 Å². The number of alkyl halides is 1. The van der Waals surface area contributed by atoms with Gasteiger partial charge >= 0.3 is 0 Å². The van der Waals surface area contributed by atoms with Crippen molar-refractivity contribution in [1.29, 1.82) is 0 Å². The van der Waals surface area contributed by atoms with Gasteiger partial charge in [0, 0.05) is 49.1 Å². The molecule has 3 aromatic rings. The molecule has 160 valence electrons. The monoisotopic (exact) mass is 485 g/mol. The summed E-state index contributed by atoms with van der Waals surface area (Å²) in [5.41, 5.74) is 7.78. The minimum Gasteiger partial charge on any atom is -0.378 e. The molecule has 0 saturated carbocycles. The van der Waals surface area contributed by atoms with Crippen molar-refractivity contribution in [2.24, 2.45) is 5.73 Å². The number of pyridine rings is 2. The van der Waals surface area contributed by atoms with Crippen LogP contribution in [0.1, 0.15) is 28.2 Å². The van der Waals surface area contributed by atoms with Crippen LogP contribution in [0.4, 0.5) is 16.0 Å². The Morgan fingerprint density at radius 2 is 2.00 bits per heavy atom. The van der Waals surface area contributed by atoms with Crippen molar-refractivity contribution in [3.8, 4) is 0 Å². The molecule has 1 saturated heterocycles. The number of nitrogens with one attached hydrogen (secondary N) is 1. The average molecular weight is 486 g/mol. The molecule has 0 spiro atoms. The third kappa shape index (κ3) is 5.13. The van der Waals surface area contributed by atoms with Crippen molar-refractivity contribution in [3.05, 3.63) is 70.5 Å². The van der Waals surface area contributed by atoms with Crippen LogP contribution in [0.25, 0.3) is 0 Å². The van der Waals surface area contributed by atoms with Gasteiger partial charge < -0.3 is 16.0 Å². The molecule has 1 aliphatic heterocycles. The number of nitrogens with two attached hydrogens (primary N) is 1. The summed E-state index contributed by atoms with van der Waals surface area (Å²) in [7, 11) is 0. The Kier molecular flexibility index (Phi) is 6.36. The third-order valence-corrected chi connectivity index (χ3v) is 5.50. The predicted molar refractivity (Wildman–Crippen MR) is 119 cm³/mol. The number of piperidine rings is 1. The number of hydrogen-bond acceptors (Lipinski definition) is 7. The number of aromatic nitrogens is 4. The van der Waals surface area contributed by atoms with Crippen molar-refractivity contribution in [2.75, 3.05) is 23.3 Å². The van der Waals surface area contributed by atoms with Gasteiger partial charge in [-0.05, 0) is 40.5 Å². The number of carbonyl (C=O) groups is 1. The van der Waals surface area contributed by atoms with E-state index in [4.69, 9.17) is 5.73 Å². The first-order chi connectivity index (χ1) is 15.0. The van der Waals surface area contributed by atoms with Crippen molar-refractivity contribution < 1.29 is 9.18 Å². The molecule has 4 heterocycles. The fraction of sp³-hybridized carbons (Fsp3) is 0.286. The van der Waals surface area contributed by atoms with Gasteiger partial charge in [0.05, 0.1) is 28.3 Å². The largest absolute Gasteiger partial charge is 0.378 e. The summed E-state index contributed by atoms with van der Waals surface area (Å²) in [6.45, 7) is 0.731. The van der Waals surface area contributed by atoms with Crippen molar-refractivity contribution in [2.45, 2.75) is 25.1 Å². The maximum atomic E-state index is 15.0. The van der Waals surface area contributed by atoms with Gasteiger partial charge in [-0.25, -0.2) is 14.4 Å². The number of anilines is 2. The molecule has 1 aliphatic rings. The number of rotatable bonds is 6. The van der Waals surface area contributed by atoms with Gasteiger partial charge in [0.25, 0.3) is 5.91 Å². The molecule has 8 nitrogen and oxygen atoms in total. The molecule has 0 aromatic carbocycles. The second-order valence-electron chi connectivity index (χ2n) is 7.29. The van der Waals surface area contributed by atoms with E-state index >= 15 is 4.39 Å². The highest BCUT2D eigenvalue weighted by Crippen LogP contribution is 2.25. The van der Waals surface area contributed by atoms with Crippen molar-refractivity contribution in [1.82, 2.24) is 19.9 Å². The smallest absolute Gasteiger partial charge is 0.252 e. The number of carbonyl (C=O) groups excluding carboxylic acids is 1. The third-order valence-electron chi connectivity index (χ3n) is 5.09. The lowest BCUT2D eigenvalue weighted by molar-refractivity contribution is 0.100. The van der Waals surface area contributed by atoms with Gasteiger partial charge in [0.15, 0.2) is 0 Å². The molecular formula is C21H21BrFN7O. The van der Waals surface area contributed by atoms with E-state index in [1.807, 2.05) is 23.1 Å². The number of hydrogen-bond donors (Lipinski definition) is 2. The van der Waals surface area contributed by atoms with E-state index in [9.17, 15) is 4.79 Å². The molecular weight excluding hydrogens is 465 g/mol. The van der Waals surface area contributed by atoms with E-state index < -0.39 is 18.1 Å². The molecule has 10 heteroatoms. The molecule has 3 aromatic heterocycles. The highest BCUT2D eigenvalue weighted by molar-refractivity contribution is 9.10. The maximum absolute atomic E-state index is 15.0. The topological polar surface area (TPSA) is 110 Å². The summed E-state index contributed by atoms with van der Waals surface area (Å²) in [6, 6.07) is 6.90. The van der Waals surface area contributed by atoms with Gasteiger partial charge in [0.2, 0.25) is 5.95 Å². The van der Waals surface area contributed by atoms with E-state index in [0.29, 0.717) is 36.7 Å². The Hall–Kier alpha value is -3.14. The second kappa shape index (κ2) is 9.34.